The van der Waals surface area contributed by atoms with Crippen LogP contribution in [0.25, 0.3) is 11.1 Å². The minimum Gasteiger partial charge on any atom is -0.507 e. The van der Waals surface area contributed by atoms with Gasteiger partial charge < -0.3 is 10.9 Å². The van der Waals surface area contributed by atoms with E-state index in [4.69, 9.17) is 5.84 Å². The summed E-state index contributed by atoms with van der Waals surface area (Å²) in [7, 11) is 0. The molecule has 0 atom stereocenters. The lowest BCUT2D eigenvalue weighted by Crippen LogP contribution is -2.01. The molecule has 0 heterocycles. The lowest BCUT2D eigenvalue weighted by Gasteiger charge is -2.01. The molecule has 3 heteroatoms. The molecular weight excluding hydrogens is 200 g/mol. The van der Waals surface area contributed by atoms with E-state index < -0.39 is 0 Å². The third kappa shape index (κ3) is 0.997. The van der Waals surface area contributed by atoms with Crippen molar-refractivity contribution in [2.45, 2.75) is 0 Å². The Balaban J connectivity index is 2.45. The van der Waals surface area contributed by atoms with E-state index in [1.165, 1.54) is 0 Å². The molecular formula is C13H10N2O. The number of hydrogen-bond acceptors (Lipinski definition) is 3. The highest BCUT2D eigenvalue weighted by atomic mass is 16.3. The van der Waals surface area contributed by atoms with Crippen molar-refractivity contribution in [1.82, 2.24) is 0 Å². The van der Waals surface area contributed by atoms with Crippen LogP contribution in [0.1, 0.15) is 11.1 Å². The van der Waals surface area contributed by atoms with Crippen LogP contribution in [0.4, 0.5) is 0 Å². The highest BCUT2D eigenvalue weighted by Gasteiger charge is 2.26. The first-order chi connectivity index (χ1) is 7.83. The summed E-state index contributed by atoms with van der Waals surface area (Å²) < 4.78 is 0. The highest BCUT2D eigenvalue weighted by molar-refractivity contribution is 6.25. The van der Waals surface area contributed by atoms with E-state index in [-0.39, 0.29) is 5.75 Å². The number of hydrazone groups is 1. The first-order valence-corrected chi connectivity index (χ1v) is 5.03. The molecule has 1 aliphatic carbocycles. The number of nitrogens with zero attached hydrogens (tertiary/aromatic N) is 1. The van der Waals surface area contributed by atoms with Crippen LogP contribution in [-0.4, -0.2) is 10.8 Å². The molecule has 3 N–H and O–H groups in total. The second-order valence-corrected chi connectivity index (χ2v) is 3.72. The molecule has 0 saturated heterocycles. The van der Waals surface area contributed by atoms with Crippen LogP contribution in [0.5, 0.6) is 5.75 Å². The van der Waals surface area contributed by atoms with Gasteiger partial charge in [0.1, 0.15) is 5.75 Å². The third-order valence-corrected chi connectivity index (χ3v) is 2.88. The van der Waals surface area contributed by atoms with Gasteiger partial charge in [-0.05, 0) is 11.6 Å². The summed E-state index contributed by atoms with van der Waals surface area (Å²) in [6.45, 7) is 0. The molecule has 0 fully saturated rings. The van der Waals surface area contributed by atoms with Gasteiger partial charge in [-0.2, -0.15) is 5.10 Å². The molecule has 2 aromatic rings. The van der Waals surface area contributed by atoms with E-state index >= 15 is 0 Å². The van der Waals surface area contributed by atoms with E-state index in [2.05, 4.69) is 5.10 Å². The number of phenolic OH excluding ortho intramolecular Hbond substituents is 1. The van der Waals surface area contributed by atoms with Crippen molar-refractivity contribution in [2.24, 2.45) is 10.9 Å². The fourth-order valence-electron chi connectivity index (χ4n) is 2.21. The van der Waals surface area contributed by atoms with Crippen molar-refractivity contribution < 1.29 is 5.11 Å². The van der Waals surface area contributed by atoms with Crippen LogP contribution in [0.3, 0.4) is 0 Å². The predicted octanol–water partition coefficient (Wildman–Crippen LogP) is 2.08. The molecule has 0 radical (unpaired) electrons. The zero-order valence-electron chi connectivity index (χ0n) is 8.51. The van der Waals surface area contributed by atoms with Crippen LogP contribution in [0.15, 0.2) is 47.6 Å². The Hall–Kier alpha value is -2.29. The Labute approximate surface area is 92.8 Å². The van der Waals surface area contributed by atoms with Crippen molar-refractivity contribution in [3.8, 4) is 16.9 Å². The van der Waals surface area contributed by atoms with E-state index in [0.29, 0.717) is 0 Å². The smallest absolute Gasteiger partial charge is 0.124 e. The monoisotopic (exact) mass is 210 g/mol. The number of phenols is 1. The maximum atomic E-state index is 9.90. The number of aromatic hydroxyl groups is 1. The maximum absolute atomic E-state index is 9.90. The zero-order chi connectivity index (χ0) is 11.1. The standard InChI is InChI=1S/C13H10N2O/c14-15-13-9-5-2-1-4-8(9)12-10(13)6-3-7-11(12)16/h1-7,16H,14H2/b15-13-. The maximum Gasteiger partial charge on any atom is 0.124 e. The molecule has 0 bridgehead atoms. The van der Waals surface area contributed by atoms with Crippen LogP contribution >= 0.6 is 0 Å². The van der Waals surface area contributed by atoms with E-state index in [1.54, 1.807) is 12.1 Å². The molecule has 0 saturated carbocycles. The summed E-state index contributed by atoms with van der Waals surface area (Å²) in [5.41, 5.74) is 4.41. The first-order valence-electron chi connectivity index (χ1n) is 5.03. The average molecular weight is 210 g/mol. The Morgan fingerprint density at radius 3 is 2.31 bits per heavy atom. The Bertz CT molecular complexity index is 603. The van der Waals surface area contributed by atoms with Gasteiger partial charge in [-0.15, -0.1) is 0 Å². The van der Waals surface area contributed by atoms with Gasteiger partial charge in [0.25, 0.3) is 0 Å². The molecule has 3 nitrogen and oxygen atoms in total. The van der Waals surface area contributed by atoms with Gasteiger partial charge in [0.2, 0.25) is 0 Å². The van der Waals surface area contributed by atoms with Crippen LogP contribution in [-0.2, 0) is 0 Å². The van der Waals surface area contributed by atoms with Crippen molar-refractivity contribution in [1.29, 1.82) is 0 Å². The number of fused-ring (bicyclic) bond motifs is 3. The summed E-state index contributed by atoms with van der Waals surface area (Å²) in [5, 5.41) is 13.7. The van der Waals surface area contributed by atoms with Crippen molar-refractivity contribution in [2.75, 3.05) is 0 Å². The van der Waals surface area contributed by atoms with Gasteiger partial charge >= 0.3 is 0 Å². The van der Waals surface area contributed by atoms with Gasteiger partial charge in [0.15, 0.2) is 0 Å². The van der Waals surface area contributed by atoms with Crippen molar-refractivity contribution >= 4 is 5.71 Å². The fraction of sp³-hybridized carbons (Fsp3) is 0. The highest BCUT2D eigenvalue weighted by Crippen LogP contribution is 2.41. The first kappa shape index (κ1) is 8.97. The van der Waals surface area contributed by atoms with Gasteiger partial charge in [0, 0.05) is 16.7 Å². The predicted molar refractivity (Wildman–Crippen MR) is 63.4 cm³/mol. The summed E-state index contributed by atoms with van der Waals surface area (Å²) >= 11 is 0. The minimum atomic E-state index is 0.267. The van der Waals surface area contributed by atoms with Gasteiger partial charge in [-0.1, -0.05) is 36.4 Å². The second kappa shape index (κ2) is 3.10. The topological polar surface area (TPSA) is 58.6 Å². The summed E-state index contributed by atoms with van der Waals surface area (Å²) in [6.07, 6.45) is 0. The Morgan fingerprint density at radius 1 is 0.875 bits per heavy atom. The van der Waals surface area contributed by atoms with Crippen LogP contribution in [0, 0.1) is 0 Å². The van der Waals surface area contributed by atoms with Gasteiger partial charge in [-0.25, -0.2) is 0 Å². The second-order valence-electron chi connectivity index (χ2n) is 3.72. The number of rotatable bonds is 0. The third-order valence-electron chi connectivity index (χ3n) is 2.88. The normalized spacial score (nSPS) is 14.9. The Kier molecular flexibility index (Phi) is 1.74. The number of nitrogens with two attached hydrogens (primary N) is 1. The summed E-state index contributed by atoms with van der Waals surface area (Å²) in [5.74, 6) is 5.69. The van der Waals surface area contributed by atoms with Gasteiger partial charge in [-0.3, -0.25) is 0 Å². The quantitative estimate of drug-likeness (QED) is 0.441. The lowest BCUT2D eigenvalue weighted by molar-refractivity contribution is 0.477. The Morgan fingerprint density at radius 2 is 1.56 bits per heavy atom. The molecule has 0 unspecified atom stereocenters. The molecule has 0 aliphatic heterocycles. The number of hydrogen-bond donors (Lipinski definition) is 2. The van der Waals surface area contributed by atoms with E-state index in [0.717, 1.165) is 28.0 Å². The zero-order valence-corrected chi connectivity index (χ0v) is 8.51. The molecule has 2 aromatic carbocycles. The largest absolute Gasteiger partial charge is 0.507 e. The fourth-order valence-corrected chi connectivity index (χ4v) is 2.21. The molecule has 1 aliphatic rings. The van der Waals surface area contributed by atoms with Crippen molar-refractivity contribution in [3.05, 3.63) is 53.6 Å². The molecule has 16 heavy (non-hydrogen) atoms. The van der Waals surface area contributed by atoms with E-state index in [9.17, 15) is 5.11 Å². The van der Waals surface area contributed by atoms with Crippen LogP contribution < -0.4 is 5.84 Å². The molecule has 0 aromatic heterocycles. The number of benzene rings is 2. The molecule has 3 rings (SSSR count). The van der Waals surface area contributed by atoms with E-state index in [1.807, 2.05) is 30.3 Å². The minimum absolute atomic E-state index is 0.267. The average Bonchev–Trinajstić information content (AvgIpc) is 2.64. The lowest BCUT2D eigenvalue weighted by atomic mass is 10.1. The van der Waals surface area contributed by atoms with Crippen molar-refractivity contribution in [3.63, 3.8) is 0 Å². The SMILES string of the molecule is N/N=C1/c2ccccc2-c2c(O)cccc21. The molecule has 78 valence electrons. The summed E-state index contributed by atoms with van der Waals surface area (Å²) in [6, 6.07) is 13.2. The molecule has 0 spiro atoms. The van der Waals surface area contributed by atoms with Crippen LogP contribution in [0.2, 0.25) is 0 Å². The molecule has 0 amide bonds. The summed E-state index contributed by atoms with van der Waals surface area (Å²) in [4.78, 5) is 0. The van der Waals surface area contributed by atoms with Gasteiger partial charge in [0.05, 0.1) is 5.71 Å².